The van der Waals surface area contributed by atoms with E-state index in [2.05, 4.69) is 52.5 Å². The molecule has 3 nitrogen and oxygen atoms in total. The Morgan fingerprint density at radius 1 is 1.10 bits per heavy atom. The third-order valence-electron chi connectivity index (χ3n) is 4.15. The lowest BCUT2D eigenvalue weighted by atomic mass is 10.1. The fraction of sp³-hybridized carbons (Fsp3) is 0.389. The molecule has 0 bridgehead atoms. The number of benzene rings is 1. The molecule has 1 aliphatic rings. The van der Waals surface area contributed by atoms with Gasteiger partial charge >= 0.3 is 0 Å². The van der Waals surface area contributed by atoms with Crippen LogP contribution < -0.4 is 10.2 Å². The summed E-state index contributed by atoms with van der Waals surface area (Å²) in [6.07, 6.45) is 4.49. The highest BCUT2D eigenvalue weighted by atomic mass is 15.1. The second kappa shape index (κ2) is 6.72. The molecule has 0 saturated carbocycles. The summed E-state index contributed by atoms with van der Waals surface area (Å²) in [7, 11) is 0. The average Bonchev–Trinajstić information content (AvgIpc) is 3.08. The Morgan fingerprint density at radius 2 is 1.86 bits per heavy atom. The second-order valence-corrected chi connectivity index (χ2v) is 5.72. The maximum Gasteiger partial charge on any atom is 0.0570 e. The van der Waals surface area contributed by atoms with Gasteiger partial charge in [0.05, 0.1) is 5.69 Å². The summed E-state index contributed by atoms with van der Waals surface area (Å²) >= 11 is 0. The van der Waals surface area contributed by atoms with Gasteiger partial charge in [-0.3, -0.25) is 4.98 Å². The van der Waals surface area contributed by atoms with E-state index in [-0.39, 0.29) is 6.04 Å². The molecule has 1 aliphatic heterocycles. The molecular weight excluding hydrogens is 258 g/mol. The number of pyridine rings is 1. The number of rotatable bonds is 5. The Morgan fingerprint density at radius 3 is 2.52 bits per heavy atom. The molecule has 1 atom stereocenters. The van der Waals surface area contributed by atoms with E-state index in [9.17, 15) is 0 Å². The molecule has 21 heavy (non-hydrogen) atoms. The molecule has 0 spiro atoms. The predicted octanol–water partition coefficient (Wildman–Crippen LogP) is 3.53. The van der Waals surface area contributed by atoms with Crippen molar-refractivity contribution < 1.29 is 0 Å². The van der Waals surface area contributed by atoms with Crippen LogP contribution in [0, 0.1) is 0 Å². The summed E-state index contributed by atoms with van der Waals surface area (Å²) in [5, 5.41) is 3.53. The Bertz CT molecular complexity index is 544. The van der Waals surface area contributed by atoms with Gasteiger partial charge < -0.3 is 10.2 Å². The quantitative estimate of drug-likeness (QED) is 0.908. The van der Waals surface area contributed by atoms with Crippen molar-refractivity contribution >= 4 is 5.69 Å². The van der Waals surface area contributed by atoms with E-state index in [1.165, 1.54) is 37.2 Å². The number of hydrogen-bond acceptors (Lipinski definition) is 3. The minimum Gasteiger partial charge on any atom is -0.372 e. The molecule has 2 heterocycles. The van der Waals surface area contributed by atoms with Crippen LogP contribution in [0.3, 0.4) is 0 Å². The second-order valence-electron chi connectivity index (χ2n) is 5.72. The zero-order valence-corrected chi connectivity index (χ0v) is 12.6. The summed E-state index contributed by atoms with van der Waals surface area (Å²) in [5.41, 5.74) is 3.76. The first-order valence-corrected chi connectivity index (χ1v) is 7.81. The number of hydrogen-bond donors (Lipinski definition) is 1. The van der Waals surface area contributed by atoms with E-state index in [4.69, 9.17) is 0 Å². The third kappa shape index (κ3) is 3.61. The molecule has 0 radical (unpaired) electrons. The zero-order chi connectivity index (χ0) is 14.5. The molecule has 2 aromatic rings. The molecule has 1 fully saturated rings. The third-order valence-corrected chi connectivity index (χ3v) is 4.15. The summed E-state index contributed by atoms with van der Waals surface area (Å²) in [4.78, 5) is 6.85. The van der Waals surface area contributed by atoms with E-state index < -0.39 is 0 Å². The minimum atomic E-state index is 0.268. The SMILES string of the molecule is C[C@@H](NCc1ccc(N2CCCC2)cc1)c1ccccn1. The van der Waals surface area contributed by atoms with Gasteiger partial charge in [-0.15, -0.1) is 0 Å². The van der Waals surface area contributed by atoms with E-state index in [0.29, 0.717) is 0 Å². The Kier molecular flexibility index (Phi) is 4.51. The molecule has 1 aromatic carbocycles. The molecule has 3 rings (SSSR count). The fourth-order valence-electron chi connectivity index (χ4n) is 2.81. The van der Waals surface area contributed by atoms with Gasteiger partial charge in [0.25, 0.3) is 0 Å². The van der Waals surface area contributed by atoms with Crippen LogP contribution in [-0.2, 0) is 6.54 Å². The molecule has 0 amide bonds. The zero-order valence-electron chi connectivity index (χ0n) is 12.6. The number of aromatic nitrogens is 1. The van der Waals surface area contributed by atoms with Crippen LogP contribution in [0.5, 0.6) is 0 Å². The van der Waals surface area contributed by atoms with E-state index in [1.54, 1.807) is 0 Å². The fourth-order valence-corrected chi connectivity index (χ4v) is 2.81. The van der Waals surface area contributed by atoms with Crippen molar-refractivity contribution in [3.05, 3.63) is 59.9 Å². The monoisotopic (exact) mass is 281 g/mol. The van der Waals surface area contributed by atoms with E-state index in [1.807, 2.05) is 18.3 Å². The van der Waals surface area contributed by atoms with Gasteiger partial charge in [0.15, 0.2) is 0 Å². The van der Waals surface area contributed by atoms with Crippen molar-refractivity contribution in [3.63, 3.8) is 0 Å². The normalized spacial score (nSPS) is 16.1. The van der Waals surface area contributed by atoms with Crippen LogP contribution in [0.25, 0.3) is 0 Å². The van der Waals surface area contributed by atoms with Crippen LogP contribution in [0.15, 0.2) is 48.7 Å². The van der Waals surface area contributed by atoms with Gasteiger partial charge in [-0.25, -0.2) is 0 Å². The van der Waals surface area contributed by atoms with Crippen molar-refractivity contribution in [2.24, 2.45) is 0 Å². The van der Waals surface area contributed by atoms with Gasteiger partial charge in [0.1, 0.15) is 0 Å². The van der Waals surface area contributed by atoms with Gasteiger partial charge in [-0.2, -0.15) is 0 Å². The van der Waals surface area contributed by atoms with E-state index >= 15 is 0 Å². The van der Waals surface area contributed by atoms with E-state index in [0.717, 1.165) is 12.2 Å². The predicted molar refractivity (Wildman–Crippen MR) is 87.4 cm³/mol. The van der Waals surface area contributed by atoms with Crippen LogP contribution in [0.4, 0.5) is 5.69 Å². The average molecular weight is 281 g/mol. The number of nitrogens with one attached hydrogen (secondary N) is 1. The molecule has 0 aliphatic carbocycles. The van der Waals surface area contributed by atoms with Gasteiger partial charge in [0.2, 0.25) is 0 Å². The molecular formula is C18H23N3. The lowest BCUT2D eigenvalue weighted by Gasteiger charge is -2.18. The summed E-state index contributed by atoms with van der Waals surface area (Å²) in [5.74, 6) is 0. The van der Waals surface area contributed by atoms with Gasteiger partial charge in [0, 0.05) is 37.6 Å². The maximum atomic E-state index is 4.39. The number of nitrogens with zero attached hydrogens (tertiary/aromatic N) is 2. The molecule has 1 aromatic heterocycles. The largest absolute Gasteiger partial charge is 0.372 e. The molecule has 3 heteroatoms. The summed E-state index contributed by atoms with van der Waals surface area (Å²) in [6, 6.07) is 15.3. The molecule has 0 unspecified atom stereocenters. The van der Waals surface area contributed by atoms with Gasteiger partial charge in [-0.05, 0) is 49.6 Å². The highest BCUT2D eigenvalue weighted by molar-refractivity contribution is 5.48. The Labute approximate surface area is 127 Å². The highest BCUT2D eigenvalue weighted by Gasteiger charge is 2.12. The van der Waals surface area contributed by atoms with Crippen LogP contribution >= 0.6 is 0 Å². The molecule has 1 saturated heterocycles. The topological polar surface area (TPSA) is 28.2 Å². The lowest BCUT2D eigenvalue weighted by molar-refractivity contribution is 0.561. The molecule has 1 N–H and O–H groups in total. The number of anilines is 1. The minimum absolute atomic E-state index is 0.268. The van der Waals surface area contributed by atoms with Gasteiger partial charge in [-0.1, -0.05) is 18.2 Å². The highest BCUT2D eigenvalue weighted by Crippen LogP contribution is 2.20. The van der Waals surface area contributed by atoms with Crippen LogP contribution in [0.1, 0.15) is 37.1 Å². The molecule has 110 valence electrons. The maximum absolute atomic E-state index is 4.39. The lowest BCUT2D eigenvalue weighted by Crippen LogP contribution is -2.19. The smallest absolute Gasteiger partial charge is 0.0570 e. The first-order chi connectivity index (χ1) is 10.3. The first-order valence-electron chi connectivity index (χ1n) is 7.81. The van der Waals surface area contributed by atoms with Crippen molar-refractivity contribution in [1.82, 2.24) is 10.3 Å². The summed E-state index contributed by atoms with van der Waals surface area (Å²) in [6.45, 7) is 5.43. The van der Waals surface area contributed by atoms with Crippen molar-refractivity contribution in [2.45, 2.75) is 32.4 Å². The van der Waals surface area contributed by atoms with Crippen molar-refractivity contribution in [1.29, 1.82) is 0 Å². The van der Waals surface area contributed by atoms with Crippen molar-refractivity contribution in [3.8, 4) is 0 Å². The van der Waals surface area contributed by atoms with Crippen LogP contribution in [-0.4, -0.2) is 18.1 Å². The summed E-state index contributed by atoms with van der Waals surface area (Å²) < 4.78 is 0. The van der Waals surface area contributed by atoms with Crippen LogP contribution in [0.2, 0.25) is 0 Å². The van der Waals surface area contributed by atoms with Crippen molar-refractivity contribution in [2.75, 3.05) is 18.0 Å². The Hall–Kier alpha value is -1.87. The Balaban J connectivity index is 1.55. The first kappa shape index (κ1) is 14.1. The standard InChI is InChI=1S/C18H23N3/c1-15(18-6-2-3-11-19-18)20-14-16-7-9-17(10-8-16)21-12-4-5-13-21/h2-3,6-11,15,20H,4-5,12-14H2,1H3/t15-/m1/s1.